The number of nitrogens with zero attached hydrogens (tertiary/aromatic N) is 4. The lowest BCUT2D eigenvalue weighted by molar-refractivity contribution is -0.121. The van der Waals surface area contributed by atoms with Crippen molar-refractivity contribution in [3.63, 3.8) is 0 Å². The van der Waals surface area contributed by atoms with E-state index < -0.39 is 0 Å². The van der Waals surface area contributed by atoms with Crippen molar-refractivity contribution in [3.8, 4) is 0 Å². The van der Waals surface area contributed by atoms with Crippen molar-refractivity contribution in [2.75, 3.05) is 37.8 Å². The molecule has 0 bridgehead atoms. The van der Waals surface area contributed by atoms with Gasteiger partial charge < -0.3 is 19.7 Å². The van der Waals surface area contributed by atoms with Crippen LogP contribution in [0.25, 0.3) is 0 Å². The minimum atomic E-state index is -0.255. The summed E-state index contributed by atoms with van der Waals surface area (Å²) in [5.74, 6) is 0.854. The number of morpholine rings is 1. The van der Waals surface area contributed by atoms with E-state index >= 15 is 0 Å². The van der Waals surface area contributed by atoms with E-state index in [1.165, 1.54) is 11.8 Å². The van der Waals surface area contributed by atoms with E-state index in [9.17, 15) is 4.79 Å². The summed E-state index contributed by atoms with van der Waals surface area (Å²) in [6, 6.07) is 0. The summed E-state index contributed by atoms with van der Waals surface area (Å²) in [4.78, 5) is 14.7. The van der Waals surface area contributed by atoms with E-state index in [1.807, 2.05) is 27.7 Å². The number of anilines is 1. The lowest BCUT2D eigenvalue weighted by Crippen LogP contribution is -2.44. The quantitative estimate of drug-likeness (QED) is 0.732. The van der Waals surface area contributed by atoms with E-state index in [1.54, 1.807) is 0 Å². The molecule has 0 spiro atoms. The Morgan fingerprint density at radius 1 is 1.30 bits per heavy atom. The molecule has 2 saturated heterocycles. The minimum absolute atomic E-state index is 0.00656. The van der Waals surface area contributed by atoms with Crippen LogP contribution in [0.3, 0.4) is 0 Å². The highest BCUT2D eigenvalue weighted by Crippen LogP contribution is 2.28. The van der Waals surface area contributed by atoms with Gasteiger partial charge in [0.2, 0.25) is 11.9 Å². The van der Waals surface area contributed by atoms with Gasteiger partial charge in [-0.25, -0.2) is 0 Å². The Balaban J connectivity index is 1.76. The average Bonchev–Trinajstić information content (AvgIpc) is 3.25. The summed E-state index contributed by atoms with van der Waals surface area (Å²) in [5.41, 5.74) is -0.254. The summed E-state index contributed by atoms with van der Waals surface area (Å²) < 4.78 is 13.4. The van der Waals surface area contributed by atoms with Gasteiger partial charge in [-0.3, -0.25) is 9.36 Å². The largest absolute Gasteiger partial charge is 0.378 e. The Bertz CT molecular complexity index is 633. The van der Waals surface area contributed by atoms with Crippen LogP contribution >= 0.6 is 11.8 Å². The molecular weight excluding hydrogens is 366 g/mol. The maximum absolute atomic E-state index is 12.5. The molecule has 8 nitrogen and oxygen atoms in total. The molecule has 1 N–H and O–H groups in total. The molecule has 27 heavy (non-hydrogen) atoms. The lowest BCUT2D eigenvalue weighted by Gasteiger charge is -2.28. The Morgan fingerprint density at radius 2 is 2.04 bits per heavy atom. The molecule has 3 heterocycles. The van der Waals surface area contributed by atoms with Crippen molar-refractivity contribution in [1.29, 1.82) is 0 Å². The van der Waals surface area contributed by atoms with Crippen LogP contribution in [0.4, 0.5) is 5.95 Å². The molecule has 1 aromatic heterocycles. The standard InChI is InChI=1S/C18H31N5O3S/c1-13(15(24)19-18(2,3)4)27-17-21-20-16(22-7-10-25-11-8-22)23(17)12-14-6-5-9-26-14/h13-14H,5-12H2,1-4H3,(H,19,24). The topological polar surface area (TPSA) is 81.5 Å². The first-order chi connectivity index (χ1) is 12.8. The Kier molecular flexibility index (Phi) is 6.65. The third-order valence-electron chi connectivity index (χ3n) is 4.55. The molecular formula is C18H31N5O3S. The van der Waals surface area contributed by atoms with Crippen molar-refractivity contribution >= 4 is 23.6 Å². The minimum Gasteiger partial charge on any atom is -0.378 e. The zero-order valence-corrected chi connectivity index (χ0v) is 17.5. The second-order valence-electron chi connectivity index (χ2n) is 8.13. The molecule has 152 valence electrons. The van der Waals surface area contributed by atoms with Gasteiger partial charge in [0.25, 0.3) is 0 Å². The highest BCUT2D eigenvalue weighted by atomic mass is 32.2. The second kappa shape index (κ2) is 8.79. The lowest BCUT2D eigenvalue weighted by atomic mass is 10.1. The normalized spacial score (nSPS) is 22.1. The van der Waals surface area contributed by atoms with Crippen molar-refractivity contribution in [1.82, 2.24) is 20.1 Å². The third-order valence-corrected chi connectivity index (χ3v) is 5.63. The molecule has 1 aromatic rings. The molecule has 1 amide bonds. The summed E-state index contributed by atoms with van der Waals surface area (Å²) in [6.07, 6.45) is 2.32. The summed E-state index contributed by atoms with van der Waals surface area (Å²) >= 11 is 1.45. The Hall–Kier alpha value is -1.32. The molecule has 3 rings (SSSR count). The van der Waals surface area contributed by atoms with Gasteiger partial charge in [-0.05, 0) is 40.5 Å². The number of thioether (sulfide) groups is 1. The fourth-order valence-electron chi connectivity index (χ4n) is 3.20. The zero-order chi connectivity index (χ0) is 19.4. The van der Waals surface area contributed by atoms with Gasteiger partial charge in [0.05, 0.1) is 31.1 Å². The smallest absolute Gasteiger partial charge is 0.233 e. The van der Waals surface area contributed by atoms with Gasteiger partial charge in [0.1, 0.15) is 0 Å². The first-order valence-corrected chi connectivity index (χ1v) is 10.6. The molecule has 0 aliphatic carbocycles. The van der Waals surface area contributed by atoms with Crippen LogP contribution < -0.4 is 10.2 Å². The molecule has 9 heteroatoms. The summed E-state index contributed by atoms with van der Waals surface area (Å²) in [7, 11) is 0. The van der Waals surface area contributed by atoms with E-state index in [2.05, 4.69) is 25.0 Å². The number of amides is 1. The van der Waals surface area contributed by atoms with Crippen molar-refractivity contribution < 1.29 is 14.3 Å². The van der Waals surface area contributed by atoms with Crippen LogP contribution in [0.15, 0.2) is 5.16 Å². The highest BCUT2D eigenvalue weighted by molar-refractivity contribution is 8.00. The van der Waals surface area contributed by atoms with E-state index in [-0.39, 0.29) is 22.8 Å². The molecule has 0 saturated carbocycles. The number of ether oxygens (including phenoxy) is 2. The molecule has 2 aliphatic heterocycles. The Morgan fingerprint density at radius 3 is 2.67 bits per heavy atom. The van der Waals surface area contributed by atoms with Crippen LogP contribution in [0.5, 0.6) is 0 Å². The van der Waals surface area contributed by atoms with Crippen LogP contribution in [0.2, 0.25) is 0 Å². The number of hydrogen-bond acceptors (Lipinski definition) is 7. The van der Waals surface area contributed by atoms with Crippen LogP contribution in [0.1, 0.15) is 40.5 Å². The van der Waals surface area contributed by atoms with Crippen LogP contribution in [-0.2, 0) is 20.8 Å². The molecule has 0 aromatic carbocycles. The Labute approximate surface area is 165 Å². The van der Waals surface area contributed by atoms with Crippen molar-refractivity contribution in [2.45, 2.75) is 69.1 Å². The van der Waals surface area contributed by atoms with Gasteiger partial charge in [0.15, 0.2) is 5.16 Å². The molecule has 2 atom stereocenters. The SMILES string of the molecule is CC(Sc1nnc(N2CCOCC2)n1CC1CCCO1)C(=O)NC(C)(C)C. The molecule has 0 radical (unpaired) electrons. The monoisotopic (exact) mass is 397 g/mol. The first kappa shape index (κ1) is 20.4. The number of rotatable bonds is 6. The second-order valence-corrected chi connectivity index (χ2v) is 9.43. The first-order valence-electron chi connectivity index (χ1n) is 9.69. The van der Waals surface area contributed by atoms with Gasteiger partial charge in [-0.2, -0.15) is 0 Å². The predicted octanol–water partition coefficient (Wildman–Crippen LogP) is 1.69. The summed E-state index contributed by atoms with van der Waals surface area (Å²) in [6.45, 7) is 12.4. The maximum Gasteiger partial charge on any atom is 0.233 e. The summed E-state index contributed by atoms with van der Waals surface area (Å²) in [5, 5.41) is 12.4. The van der Waals surface area contributed by atoms with E-state index in [0.717, 1.165) is 50.2 Å². The number of carbonyl (C=O) groups excluding carboxylic acids is 1. The molecule has 2 unspecified atom stereocenters. The third kappa shape index (κ3) is 5.58. The van der Waals surface area contributed by atoms with Crippen LogP contribution in [-0.4, -0.2) is 70.5 Å². The molecule has 2 fully saturated rings. The van der Waals surface area contributed by atoms with Crippen molar-refractivity contribution in [3.05, 3.63) is 0 Å². The van der Waals surface area contributed by atoms with Gasteiger partial charge in [0, 0.05) is 25.2 Å². The van der Waals surface area contributed by atoms with E-state index in [0.29, 0.717) is 13.2 Å². The average molecular weight is 398 g/mol. The number of hydrogen-bond donors (Lipinski definition) is 1. The number of aromatic nitrogens is 3. The van der Waals surface area contributed by atoms with Gasteiger partial charge in [-0.15, -0.1) is 10.2 Å². The highest BCUT2D eigenvalue weighted by Gasteiger charge is 2.27. The van der Waals surface area contributed by atoms with Crippen molar-refractivity contribution in [2.24, 2.45) is 0 Å². The fraction of sp³-hybridized carbons (Fsp3) is 0.833. The zero-order valence-electron chi connectivity index (χ0n) is 16.7. The predicted molar refractivity (Wildman–Crippen MR) is 105 cm³/mol. The van der Waals surface area contributed by atoms with Gasteiger partial charge >= 0.3 is 0 Å². The van der Waals surface area contributed by atoms with E-state index in [4.69, 9.17) is 9.47 Å². The van der Waals surface area contributed by atoms with Crippen LogP contribution in [0, 0.1) is 0 Å². The number of carbonyl (C=O) groups is 1. The van der Waals surface area contributed by atoms with Gasteiger partial charge in [-0.1, -0.05) is 11.8 Å². The fourth-order valence-corrected chi connectivity index (χ4v) is 4.05. The number of nitrogens with one attached hydrogen (secondary N) is 1. The molecule has 2 aliphatic rings. The maximum atomic E-state index is 12.5.